The van der Waals surface area contributed by atoms with Crippen LogP contribution in [0, 0.1) is 6.92 Å². The molecule has 2 aromatic carbocycles. The van der Waals surface area contributed by atoms with E-state index in [1.807, 2.05) is 54.8 Å². The third-order valence-corrected chi connectivity index (χ3v) is 6.13. The zero-order valence-electron chi connectivity index (χ0n) is 19.6. The molecular weight excluding hydrogens is 420 g/mol. The Hall–Kier alpha value is -2.80. The Morgan fingerprint density at radius 3 is 2.34 bits per heavy atom. The number of carbonyl (C=O) groups excluding carboxylic acids is 1. The van der Waals surface area contributed by atoms with Crippen LogP contribution in [0.2, 0.25) is 0 Å². The fraction of sp³-hybridized carbons (Fsp3) is 0.400. The summed E-state index contributed by atoms with van der Waals surface area (Å²) in [5.74, 6) is 2.21. The highest BCUT2D eigenvalue weighted by atomic mass is 32.2. The molecule has 3 aromatic rings. The van der Waals surface area contributed by atoms with Crippen molar-refractivity contribution in [3.8, 4) is 5.75 Å². The predicted molar refractivity (Wildman–Crippen MR) is 131 cm³/mol. The summed E-state index contributed by atoms with van der Waals surface area (Å²) in [5.41, 5.74) is 3.14. The molecule has 0 radical (unpaired) electrons. The highest BCUT2D eigenvalue weighted by molar-refractivity contribution is 7.99. The molecule has 0 aliphatic heterocycles. The molecule has 3 rings (SSSR count). The first-order valence-electron chi connectivity index (χ1n) is 11.0. The maximum absolute atomic E-state index is 12.5. The first kappa shape index (κ1) is 23.9. The number of thioether (sulfide) groups is 1. The van der Waals surface area contributed by atoms with E-state index in [2.05, 4.69) is 55.3 Å². The van der Waals surface area contributed by atoms with Gasteiger partial charge in [0, 0.05) is 11.7 Å². The highest BCUT2D eigenvalue weighted by Crippen LogP contribution is 2.28. The molecule has 0 spiro atoms. The summed E-state index contributed by atoms with van der Waals surface area (Å²) in [6.45, 7) is 12.4. The number of amides is 1. The number of aromatic nitrogens is 3. The predicted octanol–water partition coefficient (Wildman–Crippen LogP) is 6.16. The number of hydrogen-bond donors (Lipinski definition) is 1. The second kappa shape index (κ2) is 10.7. The van der Waals surface area contributed by atoms with E-state index in [0.29, 0.717) is 11.1 Å². The fourth-order valence-corrected chi connectivity index (χ4v) is 4.24. The van der Waals surface area contributed by atoms with Crippen LogP contribution < -0.4 is 10.1 Å². The lowest BCUT2D eigenvalue weighted by atomic mass is 10.0. The Morgan fingerprint density at radius 1 is 1.03 bits per heavy atom. The second-order valence-corrected chi connectivity index (χ2v) is 9.38. The Kier molecular flexibility index (Phi) is 7.96. The molecular formula is C25H32N4O2S. The van der Waals surface area contributed by atoms with Gasteiger partial charge in [0.15, 0.2) is 17.1 Å². The molecule has 1 unspecified atom stereocenters. The van der Waals surface area contributed by atoms with E-state index in [1.54, 1.807) is 0 Å². The molecule has 7 heteroatoms. The average Bonchev–Trinajstić information content (AvgIpc) is 3.19. The zero-order chi connectivity index (χ0) is 23.3. The lowest BCUT2D eigenvalue weighted by molar-refractivity contribution is -0.113. The molecule has 0 aliphatic rings. The first-order valence-corrected chi connectivity index (χ1v) is 11.9. The van der Waals surface area contributed by atoms with Gasteiger partial charge >= 0.3 is 0 Å². The summed E-state index contributed by atoms with van der Waals surface area (Å²) in [6, 6.07) is 16.0. The standard InChI is InChI=1S/C25H32N4O2S/c1-16(2)20-11-13-21(14-12-20)31-19(6)24-27-28-25(29(24)17(3)4)32-15-23(30)26-22-10-8-7-9-18(22)5/h7-14,16-17,19H,15H2,1-6H3,(H,26,30). The fourth-order valence-electron chi connectivity index (χ4n) is 3.37. The maximum Gasteiger partial charge on any atom is 0.234 e. The Labute approximate surface area is 194 Å². The molecule has 0 aliphatic carbocycles. The van der Waals surface area contributed by atoms with Gasteiger partial charge in [0.2, 0.25) is 5.91 Å². The van der Waals surface area contributed by atoms with E-state index in [4.69, 9.17) is 4.74 Å². The molecule has 1 amide bonds. The molecule has 1 atom stereocenters. The van der Waals surface area contributed by atoms with Crippen molar-refractivity contribution in [2.24, 2.45) is 0 Å². The zero-order valence-corrected chi connectivity index (χ0v) is 20.4. The molecule has 0 fully saturated rings. The number of nitrogens with one attached hydrogen (secondary N) is 1. The van der Waals surface area contributed by atoms with Crippen LogP contribution in [-0.2, 0) is 4.79 Å². The van der Waals surface area contributed by atoms with E-state index < -0.39 is 0 Å². The van der Waals surface area contributed by atoms with Gasteiger partial charge in [-0.3, -0.25) is 4.79 Å². The molecule has 0 bridgehead atoms. The van der Waals surface area contributed by atoms with Gasteiger partial charge in [0.25, 0.3) is 0 Å². The SMILES string of the molecule is Cc1ccccc1NC(=O)CSc1nnc(C(C)Oc2ccc(C(C)C)cc2)n1C(C)C. The van der Waals surface area contributed by atoms with Crippen LogP contribution in [0.3, 0.4) is 0 Å². The molecule has 170 valence electrons. The number of carbonyl (C=O) groups is 1. The van der Waals surface area contributed by atoms with Gasteiger partial charge in [0.05, 0.1) is 5.75 Å². The van der Waals surface area contributed by atoms with E-state index in [-0.39, 0.29) is 23.8 Å². The number of benzene rings is 2. The Morgan fingerprint density at radius 2 is 1.72 bits per heavy atom. The summed E-state index contributed by atoms with van der Waals surface area (Å²) < 4.78 is 8.19. The van der Waals surface area contributed by atoms with Crippen LogP contribution in [0.15, 0.2) is 53.7 Å². The van der Waals surface area contributed by atoms with Crippen LogP contribution in [-0.4, -0.2) is 26.4 Å². The van der Waals surface area contributed by atoms with Crippen LogP contribution in [0.4, 0.5) is 5.69 Å². The monoisotopic (exact) mass is 452 g/mol. The van der Waals surface area contributed by atoms with Gasteiger partial charge in [-0.25, -0.2) is 0 Å². The third kappa shape index (κ3) is 5.91. The van der Waals surface area contributed by atoms with Crippen molar-refractivity contribution < 1.29 is 9.53 Å². The topological polar surface area (TPSA) is 69.0 Å². The molecule has 0 saturated heterocycles. The lowest BCUT2D eigenvalue weighted by Crippen LogP contribution is -2.17. The van der Waals surface area contributed by atoms with Crippen LogP contribution in [0.5, 0.6) is 5.75 Å². The molecule has 1 heterocycles. The largest absolute Gasteiger partial charge is 0.483 e. The van der Waals surface area contributed by atoms with Crippen molar-refractivity contribution in [2.75, 3.05) is 11.1 Å². The quantitative estimate of drug-likeness (QED) is 0.394. The summed E-state index contributed by atoms with van der Waals surface area (Å²) in [6.07, 6.45) is -0.273. The van der Waals surface area contributed by atoms with Gasteiger partial charge in [-0.15, -0.1) is 10.2 Å². The minimum atomic E-state index is -0.273. The highest BCUT2D eigenvalue weighted by Gasteiger charge is 2.22. The summed E-state index contributed by atoms with van der Waals surface area (Å²) in [4.78, 5) is 12.5. The number of aryl methyl sites for hydroxylation is 1. The summed E-state index contributed by atoms with van der Waals surface area (Å²) in [7, 11) is 0. The van der Waals surface area contributed by atoms with E-state index in [9.17, 15) is 4.79 Å². The lowest BCUT2D eigenvalue weighted by Gasteiger charge is -2.19. The number of para-hydroxylation sites is 1. The van der Waals surface area contributed by atoms with Gasteiger partial charge < -0.3 is 14.6 Å². The van der Waals surface area contributed by atoms with Gasteiger partial charge in [-0.1, -0.05) is 55.9 Å². The van der Waals surface area contributed by atoms with Crippen molar-refractivity contribution in [1.82, 2.24) is 14.8 Å². The van der Waals surface area contributed by atoms with Gasteiger partial charge in [-0.05, 0) is 62.9 Å². The average molecular weight is 453 g/mol. The number of anilines is 1. The number of hydrogen-bond acceptors (Lipinski definition) is 5. The van der Waals surface area contributed by atoms with Crippen molar-refractivity contribution in [3.63, 3.8) is 0 Å². The third-order valence-electron chi connectivity index (χ3n) is 5.18. The summed E-state index contributed by atoms with van der Waals surface area (Å²) in [5, 5.41) is 12.4. The maximum atomic E-state index is 12.5. The van der Waals surface area contributed by atoms with Crippen LogP contribution in [0.25, 0.3) is 0 Å². The minimum absolute atomic E-state index is 0.0707. The minimum Gasteiger partial charge on any atom is -0.483 e. The van der Waals surface area contributed by atoms with Crippen molar-refractivity contribution in [2.45, 2.75) is 64.8 Å². The Balaban J connectivity index is 1.67. The normalized spacial score (nSPS) is 12.2. The first-order chi connectivity index (χ1) is 15.3. The van der Waals surface area contributed by atoms with E-state index >= 15 is 0 Å². The van der Waals surface area contributed by atoms with Gasteiger partial charge in [-0.2, -0.15) is 0 Å². The molecule has 6 nitrogen and oxygen atoms in total. The smallest absolute Gasteiger partial charge is 0.234 e. The van der Waals surface area contributed by atoms with Crippen molar-refractivity contribution in [1.29, 1.82) is 0 Å². The molecule has 0 saturated carbocycles. The molecule has 1 N–H and O–H groups in total. The van der Waals surface area contributed by atoms with E-state index in [1.165, 1.54) is 17.3 Å². The Bertz CT molecular complexity index is 1040. The number of ether oxygens (including phenoxy) is 1. The van der Waals surface area contributed by atoms with Crippen LogP contribution >= 0.6 is 11.8 Å². The summed E-state index contributed by atoms with van der Waals surface area (Å²) >= 11 is 1.38. The van der Waals surface area contributed by atoms with Crippen molar-refractivity contribution >= 4 is 23.4 Å². The van der Waals surface area contributed by atoms with Crippen molar-refractivity contribution in [3.05, 3.63) is 65.5 Å². The molecule has 1 aromatic heterocycles. The number of rotatable bonds is 9. The second-order valence-electron chi connectivity index (χ2n) is 8.44. The van der Waals surface area contributed by atoms with Gasteiger partial charge in [0.1, 0.15) is 5.75 Å². The number of nitrogens with zero attached hydrogens (tertiary/aromatic N) is 3. The molecule has 32 heavy (non-hydrogen) atoms. The van der Waals surface area contributed by atoms with Crippen LogP contribution in [0.1, 0.15) is 69.6 Å². The van der Waals surface area contributed by atoms with E-state index in [0.717, 1.165) is 22.8 Å².